The number of aryl methyl sites for hydroxylation is 1. The van der Waals surface area contributed by atoms with E-state index in [1.54, 1.807) is 22.8 Å². The third-order valence-electron chi connectivity index (χ3n) is 4.12. The van der Waals surface area contributed by atoms with Crippen LogP contribution in [0.2, 0.25) is 0 Å². The monoisotopic (exact) mass is 398 g/mol. The Bertz CT molecular complexity index is 969. The van der Waals surface area contributed by atoms with Crippen LogP contribution in [0.1, 0.15) is 26.3 Å². The summed E-state index contributed by atoms with van der Waals surface area (Å²) in [5.41, 5.74) is 2.29. The van der Waals surface area contributed by atoms with Crippen molar-refractivity contribution in [3.63, 3.8) is 0 Å². The van der Waals surface area contributed by atoms with E-state index >= 15 is 0 Å². The van der Waals surface area contributed by atoms with Crippen LogP contribution in [-0.2, 0) is 4.79 Å². The summed E-state index contributed by atoms with van der Waals surface area (Å²) in [6, 6.07) is 14.4. The number of carbonyl (C=O) groups is 1. The zero-order valence-electron chi connectivity index (χ0n) is 16.3. The van der Waals surface area contributed by atoms with E-state index in [0.717, 1.165) is 11.3 Å². The number of thioether (sulfide) groups is 1. The van der Waals surface area contributed by atoms with Crippen LogP contribution >= 0.6 is 11.8 Å². The molecule has 0 aliphatic rings. The van der Waals surface area contributed by atoms with Gasteiger partial charge in [-0.15, -0.1) is 10.2 Å². The summed E-state index contributed by atoms with van der Waals surface area (Å²) in [5.74, 6) is -0.0442. The molecule has 0 aliphatic heterocycles. The van der Waals surface area contributed by atoms with Gasteiger partial charge in [0.25, 0.3) is 0 Å². The van der Waals surface area contributed by atoms with E-state index in [1.165, 1.54) is 17.8 Å². The van der Waals surface area contributed by atoms with Crippen molar-refractivity contribution < 1.29 is 9.18 Å². The molecule has 1 heterocycles. The minimum Gasteiger partial charge on any atom is -0.353 e. The van der Waals surface area contributed by atoms with E-state index in [9.17, 15) is 9.18 Å². The summed E-state index contributed by atoms with van der Waals surface area (Å²) in [6.07, 6.45) is 0. The molecule has 0 fully saturated rings. The molecule has 0 aliphatic carbocycles. The first kappa shape index (κ1) is 20.1. The van der Waals surface area contributed by atoms with Gasteiger partial charge in [0.05, 0.1) is 10.8 Å². The highest BCUT2D eigenvalue weighted by Gasteiger charge is 2.23. The van der Waals surface area contributed by atoms with Crippen LogP contribution in [0.4, 0.5) is 4.39 Å². The topological polar surface area (TPSA) is 59.8 Å². The van der Waals surface area contributed by atoms with E-state index < -0.39 is 0 Å². The van der Waals surface area contributed by atoms with E-state index in [0.29, 0.717) is 16.5 Å². The number of carbonyl (C=O) groups excluding carboxylic acids is 1. The normalized spacial score (nSPS) is 12.2. The number of halogens is 1. The second-order valence-electron chi connectivity index (χ2n) is 6.88. The first-order chi connectivity index (χ1) is 13.4. The summed E-state index contributed by atoms with van der Waals surface area (Å²) in [7, 11) is 0. The molecule has 3 rings (SSSR count). The van der Waals surface area contributed by atoms with Crippen LogP contribution in [0.3, 0.4) is 0 Å². The first-order valence-electron chi connectivity index (χ1n) is 9.11. The smallest absolute Gasteiger partial charge is 0.233 e. The minimum absolute atomic E-state index is 0.0551. The third kappa shape index (κ3) is 4.42. The van der Waals surface area contributed by atoms with Crippen LogP contribution in [0.15, 0.2) is 53.7 Å². The first-order valence-corrected chi connectivity index (χ1v) is 9.99. The van der Waals surface area contributed by atoms with Crippen LogP contribution in [0.25, 0.3) is 17.1 Å². The Morgan fingerprint density at radius 2 is 1.75 bits per heavy atom. The van der Waals surface area contributed by atoms with Crippen molar-refractivity contribution in [1.29, 1.82) is 0 Å². The molecular formula is C21H23FN4OS. The predicted octanol–water partition coefficient (Wildman–Crippen LogP) is 4.39. The zero-order chi connectivity index (χ0) is 20.3. The van der Waals surface area contributed by atoms with Crippen LogP contribution in [0, 0.1) is 12.7 Å². The number of rotatable bonds is 6. The Labute approximate surface area is 168 Å². The van der Waals surface area contributed by atoms with E-state index in [-0.39, 0.29) is 23.0 Å². The molecular weight excluding hydrogens is 375 g/mol. The summed E-state index contributed by atoms with van der Waals surface area (Å²) in [6.45, 7) is 7.65. The van der Waals surface area contributed by atoms with Crippen LogP contribution in [0.5, 0.6) is 0 Å². The highest BCUT2D eigenvalue weighted by Crippen LogP contribution is 2.31. The summed E-state index contributed by atoms with van der Waals surface area (Å²) < 4.78 is 16.2. The van der Waals surface area contributed by atoms with Gasteiger partial charge in [-0.1, -0.05) is 41.6 Å². The van der Waals surface area contributed by atoms with Crippen molar-refractivity contribution in [1.82, 2.24) is 20.1 Å². The maximum atomic E-state index is 14.4. The van der Waals surface area contributed by atoms with Gasteiger partial charge in [0, 0.05) is 11.7 Å². The van der Waals surface area contributed by atoms with Gasteiger partial charge in [-0.25, -0.2) is 4.39 Å². The molecule has 0 radical (unpaired) electrons. The number of amides is 1. The van der Waals surface area contributed by atoms with Crippen molar-refractivity contribution in [3.05, 3.63) is 59.9 Å². The molecule has 0 bridgehead atoms. The lowest BCUT2D eigenvalue weighted by molar-refractivity contribution is -0.120. The van der Waals surface area contributed by atoms with Gasteiger partial charge in [-0.3, -0.25) is 9.36 Å². The van der Waals surface area contributed by atoms with Gasteiger partial charge >= 0.3 is 0 Å². The highest BCUT2D eigenvalue weighted by molar-refractivity contribution is 8.00. The average molecular weight is 399 g/mol. The number of nitrogens with zero attached hydrogens (tertiary/aromatic N) is 3. The van der Waals surface area contributed by atoms with Crippen molar-refractivity contribution in [2.75, 3.05) is 0 Å². The molecule has 2 aromatic carbocycles. The van der Waals surface area contributed by atoms with Crippen molar-refractivity contribution in [2.24, 2.45) is 0 Å². The standard InChI is InChI=1S/C21H23FN4OS/c1-13(2)23-20(27)15(4)28-21-25-24-19(17-7-5-6-8-18(17)22)26(21)16-11-9-14(3)10-12-16/h5-13,15H,1-4H3,(H,23,27). The van der Waals surface area contributed by atoms with Crippen molar-refractivity contribution >= 4 is 17.7 Å². The molecule has 1 amide bonds. The van der Waals surface area contributed by atoms with Gasteiger partial charge in [-0.2, -0.15) is 0 Å². The SMILES string of the molecule is Cc1ccc(-n2c(SC(C)C(=O)NC(C)C)nnc2-c2ccccc2F)cc1. The Morgan fingerprint density at radius 3 is 2.39 bits per heavy atom. The Kier molecular flexibility index (Phi) is 6.14. The van der Waals surface area contributed by atoms with Crippen LogP contribution in [-0.4, -0.2) is 32.0 Å². The fourth-order valence-electron chi connectivity index (χ4n) is 2.70. The average Bonchev–Trinajstić information content (AvgIpc) is 3.05. The number of hydrogen-bond acceptors (Lipinski definition) is 4. The molecule has 1 N–H and O–H groups in total. The molecule has 5 nitrogen and oxygen atoms in total. The van der Waals surface area contributed by atoms with Crippen molar-refractivity contribution in [3.8, 4) is 17.1 Å². The summed E-state index contributed by atoms with van der Waals surface area (Å²) >= 11 is 1.30. The number of aromatic nitrogens is 3. The lowest BCUT2D eigenvalue weighted by Gasteiger charge is -2.15. The molecule has 146 valence electrons. The number of benzene rings is 2. The molecule has 3 aromatic rings. The Hall–Kier alpha value is -2.67. The molecule has 1 unspecified atom stereocenters. The lowest BCUT2D eigenvalue weighted by Crippen LogP contribution is -2.36. The Morgan fingerprint density at radius 1 is 1.07 bits per heavy atom. The molecule has 0 saturated carbocycles. The maximum absolute atomic E-state index is 14.4. The highest BCUT2D eigenvalue weighted by atomic mass is 32.2. The second kappa shape index (κ2) is 8.56. The van der Waals surface area contributed by atoms with E-state index in [2.05, 4.69) is 15.5 Å². The fourth-order valence-corrected chi connectivity index (χ4v) is 3.58. The number of hydrogen-bond donors (Lipinski definition) is 1. The van der Waals surface area contributed by atoms with Crippen LogP contribution < -0.4 is 5.32 Å². The predicted molar refractivity (Wildman–Crippen MR) is 110 cm³/mol. The Balaban J connectivity index is 2.05. The van der Waals surface area contributed by atoms with Gasteiger partial charge in [0.15, 0.2) is 11.0 Å². The quantitative estimate of drug-likeness (QED) is 0.626. The molecule has 7 heteroatoms. The molecule has 28 heavy (non-hydrogen) atoms. The largest absolute Gasteiger partial charge is 0.353 e. The van der Waals surface area contributed by atoms with E-state index in [1.807, 2.05) is 52.0 Å². The third-order valence-corrected chi connectivity index (χ3v) is 5.17. The summed E-state index contributed by atoms with van der Waals surface area (Å²) in [5, 5.41) is 11.6. The molecule has 0 spiro atoms. The van der Waals surface area contributed by atoms with Gasteiger partial charge in [0.1, 0.15) is 5.82 Å². The van der Waals surface area contributed by atoms with Crippen molar-refractivity contribution in [2.45, 2.75) is 44.1 Å². The maximum Gasteiger partial charge on any atom is 0.233 e. The van der Waals surface area contributed by atoms with Gasteiger partial charge < -0.3 is 5.32 Å². The molecule has 1 aromatic heterocycles. The fraction of sp³-hybridized carbons (Fsp3) is 0.286. The lowest BCUT2D eigenvalue weighted by atomic mass is 10.2. The van der Waals surface area contributed by atoms with Gasteiger partial charge in [0.2, 0.25) is 5.91 Å². The summed E-state index contributed by atoms with van der Waals surface area (Å²) in [4.78, 5) is 12.3. The van der Waals surface area contributed by atoms with E-state index in [4.69, 9.17) is 0 Å². The second-order valence-corrected chi connectivity index (χ2v) is 8.19. The zero-order valence-corrected chi connectivity index (χ0v) is 17.1. The number of nitrogens with one attached hydrogen (secondary N) is 1. The molecule has 0 saturated heterocycles. The minimum atomic E-state index is -0.371. The van der Waals surface area contributed by atoms with Gasteiger partial charge in [-0.05, 0) is 52.0 Å². The molecule has 1 atom stereocenters.